The van der Waals surface area contributed by atoms with Gasteiger partial charge in [0.05, 0.1) is 18.3 Å². The van der Waals surface area contributed by atoms with Crippen LogP contribution in [0.4, 0.5) is 0 Å². The van der Waals surface area contributed by atoms with E-state index in [-0.39, 0.29) is 5.43 Å². The lowest BCUT2D eigenvalue weighted by Gasteiger charge is -2.09. The van der Waals surface area contributed by atoms with Crippen LogP contribution >= 0.6 is 0 Å². The predicted octanol–water partition coefficient (Wildman–Crippen LogP) is 1.71. The number of aromatic nitrogens is 3. The molecule has 0 atom stereocenters. The summed E-state index contributed by atoms with van der Waals surface area (Å²) in [5.74, 6) is 0. The lowest BCUT2D eigenvalue weighted by molar-refractivity contribution is 0.694. The van der Waals surface area contributed by atoms with Crippen molar-refractivity contribution in [1.82, 2.24) is 14.8 Å². The molecule has 0 aliphatic carbocycles. The van der Waals surface area contributed by atoms with E-state index in [2.05, 4.69) is 10.1 Å². The quantitative estimate of drug-likeness (QED) is 0.704. The molecular formula is C15H10N4O. The Bertz CT molecular complexity index is 877. The first-order chi connectivity index (χ1) is 9.78. The maximum atomic E-state index is 11.8. The summed E-state index contributed by atoms with van der Waals surface area (Å²) < 4.78 is 1.74. The maximum absolute atomic E-state index is 11.8. The fourth-order valence-corrected chi connectivity index (χ4v) is 2.09. The monoisotopic (exact) mass is 262 g/mol. The smallest absolute Gasteiger partial charge is 0.207 e. The molecule has 0 aliphatic heterocycles. The molecule has 2 aromatic heterocycles. The molecule has 0 radical (unpaired) electrons. The molecule has 20 heavy (non-hydrogen) atoms. The number of pyridine rings is 1. The van der Waals surface area contributed by atoms with Gasteiger partial charge in [0, 0.05) is 11.6 Å². The number of hydrogen-bond acceptors (Lipinski definition) is 4. The SMILES string of the molecule is N#Cc1cc(Cn2ncc(=O)c3ccccc32)ccn1. The third kappa shape index (κ3) is 2.15. The summed E-state index contributed by atoms with van der Waals surface area (Å²) in [5.41, 5.74) is 1.96. The van der Waals surface area contributed by atoms with E-state index in [1.165, 1.54) is 6.20 Å². The van der Waals surface area contributed by atoms with Crippen LogP contribution < -0.4 is 5.43 Å². The van der Waals surface area contributed by atoms with Crippen LogP contribution in [0.5, 0.6) is 0 Å². The Balaban J connectivity index is 2.09. The number of nitrogens with zero attached hydrogens (tertiary/aromatic N) is 4. The molecule has 1 aromatic carbocycles. The summed E-state index contributed by atoms with van der Waals surface area (Å²) in [5, 5.41) is 13.7. The number of benzene rings is 1. The highest BCUT2D eigenvalue weighted by atomic mass is 16.1. The van der Waals surface area contributed by atoms with Gasteiger partial charge in [0.2, 0.25) is 5.43 Å². The van der Waals surface area contributed by atoms with E-state index in [0.717, 1.165) is 11.1 Å². The first kappa shape index (κ1) is 12.1. The van der Waals surface area contributed by atoms with Gasteiger partial charge in [-0.25, -0.2) is 4.98 Å². The summed E-state index contributed by atoms with van der Waals surface area (Å²) in [6.07, 6.45) is 2.91. The molecule has 0 amide bonds. The molecule has 96 valence electrons. The lowest BCUT2D eigenvalue weighted by Crippen LogP contribution is -2.13. The molecule has 2 heterocycles. The second kappa shape index (κ2) is 4.94. The first-order valence-corrected chi connectivity index (χ1v) is 6.08. The largest absolute Gasteiger partial charge is 0.287 e. The highest BCUT2D eigenvalue weighted by molar-refractivity contribution is 5.77. The number of fused-ring (bicyclic) bond motifs is 1. The molecule has 0 N–H and O–H groups in total. The van der Waals surface area contributed by atoms with Crippen molar-refractivity contribution in [2.75, 3.05) is 0 Å². The van der Waals surface area contributed by atoms with Crippen LogP contribution in [0.1, 0.15) is 11.3 Å². The zero-order valence-corrected chi connectivity index (χ0v) is 10.5. The van der Waals surface area contributed by atoms with Crippen molar-refractivity contribution in [2.45, 2.75) is 6.54 Å². The highest BCUT2D eigenvalue weighted by Gasteiger charge is 2.04. The van der Waals surface area contributed by atoms with E-state index in [1.807, 2.05) is 30.3 Å². The topological polar surface area (TPSA) is 71.6 Å². The molecule has 0 spiro atoms. The summed E-state index contributed by atoms with van der Waals surface area (Å²) in [6, 6.07) is 12.9. The summed E-state index contributed by atoms with van der Waals surface area (Å²) >= 11 is 0. The standard InChI is InChI=1S/C15H10N4O/c16-8-12-7-11(5-6-17-12)10-19-14-4-2-1-3-13(14)15(20)9-18-19/h1-7,9H,10H2. The van der Waals surface area contributed by atoms with Crippen molar-refractivity contribution in [2.24, 2.45) is 0 Å². The average molecular weight is 262 g/mol. The van der Waals surface area contributed by atoms with Gasteiger partial charge in [-0.2, -0.15) is 10.4 Å². The molecule has 5 nitrogen and oxygen atoms in total. The van der Waals surface area contributed by atoms with Crippen LogP contribution in [-0.2, 0) is 6.54 Å². The van der Waals surface area contributed by atoms with Crippen LogP contribution in [-0.4, -0.2) is 14.8 Å². The lowest BCUT2D eigenvalue weighted by atomic mass is 10.2. The second-order valence-electron chi connectivity index (χ2n) is 4.34. The number of nitriles is 1. The molecule has 5 heteroatoms. The molecule has 0 saturated carbocycles. The van der Waals surface area contributed by atoms with Gasteiger partial charge in [0.1, 0.15) is 11.8 Å². The van der Waals surface area contributed by atoms with Gasteiger partial charge < -0.3 is 0 Å². The molecule has 0 saturated heterocycles. The normalized spacial score (nSPS) is 10.3. The minimum Gasteiger partial charge on any atom is -0.287 e. The van der Waals surface area contributed by atoms with Crippen LogP contribution in [0.25, 0.3) is 10.9 Å². The van der Waals surface area contributed by atoms with E-state index in [0.29, 0.717) is 17.6 Å². The van der Waals surface area contributed by atoms with Gasteiger partial charge in [-0.15, -0.1) is 0 Å². The summed E-state index contributed by atoms with van der Waals surface area (Å²) in [4.78, 5) is 15.7. The Morgan fingerprint density at radius 1 is 1.25 bits per heavy atom. The maximum Gasteiger partial charge on any atom is 0.207 e. The molecule has 0 unspecified atom stereocenters. The van der Waals surface area contributed by atoms with E-state index >= 15 is 0 Å². The Kier molecular flexibility index (Phi) is 2.98. The van der Waals surface area contributed by atoms with Crippen molar-refractivity contribution in [1.29, 1.82) is 5.26 Å². The van der Waals surface area contributed by atoms with E-state index in [9.17, 15) is 4.79 Å². The highest BCUT2D eigenvalue weighted by Crippen LogP contribution is 2.10. The second-order valence-corrected chi connectivity index (χ2v) is 4.34. The zero-order valence-electron chi connectivity index (χ0n) is 10.5. The van der Waals surface area contributed by atoms with Crippen molar-refractivity contribution in [3.63, 3.8) is 0 Å². The fourth-order valence-electron chi connectivity index (χ4n) is 2.09. The number of para-hydroxylation sites is 1. The van der Waals surface area contributed by atoms with Gasteiger partial charge in [0.25, 0.3) is 0 Å². The zero-order chi connectivity index (χ0) is 13.9. The fraction of sp³-hybridized carbons (Fsp3) is 0.0667. The van der Waals surface area contributed by atoms with Crippen LogP contribution in [0, 0.1) is 11.3 Å². The van der Waals surface area contributed by atoms with Crippen molar-refractivity contribution < 1.29 is 0 Å². The Morgan fingerprint density at radius 2 is 2.10 bits per heavy atom. The summed E-state index contributed by atoms with van der Waals surface area (Å²) in [6.45, 7) is 0.484. The van der Waals surface area contributed by atoms with Crippen LogP contribution in [0.3, 0.4) is 0 Å². The van der Waals surface area contributed by atoms with Gasteiger partial charge in [-0.05, 0) is 29.8 Å². The van der Waals surface area contributed by atoms with Crippen LogP contribution in [0.15, 0.2) is 53.6 Å². The predicted molar refractivity (Wildman–Crippen MR) is 74.1 cm³/mol. The van der Waals surface area contributed by atoms with Crippen LogP contribution in [0.2, 0.25) is 0 Å². The molecule has 3 rings (SSSR count). The molecule has 0 aliphatic rings. The summed E-state index contributed by atoms with van der Waals surface area (Å²) in [7, 11) is 0. The van der Waals surface area contributed by atoms with Gasteiger partial charge in [-0.3, -0.25) is 9.48 Å². The minimum absolute atomic E-state index is 0.0932. The van der Waals surface area contributed by atoms with E-state index < -0.39 is 0 Å². The molecule has 0 bridgehead atoms. The Hall–Kier alpha value is -3.00. The molecule has 3 aromatic rings. The van der Waals surface area contributed by atoms with Crippen molar-refractivity contribution in [3.05, 3.63) is 70.3 Å². The van der Waals surface area contributed by atoms with Crippen molar-refractivity contribution in [3.8, 4) is 6.07 Å². The Morgan fingerprint density at radius 3 is 2.95 bits per heavy atom. The Labute approximate surface area is 114 Å². The van der Waals surface area contributed by atoms with Gasteiger partial charge in [-0.1, -0.05) is 12.1 Å². The minimum atomic E-state index is -0.0932. The van der Waals surface area contributed by atoms with Gasteiger partial charge >= 0.3 is 0 Å². The average Bonchev–Trinajstić information content (AvgIpc) is 2.51. The van der Waals surface area contributed by atoms with Gasteiger partial charge in [0.15, 0.2) is 0 Å². The third-order valence-electron chi connectivity index (χ3n) is 3.03. The molecule has 0 fully saturated rings. The third-order valence-corrected chi connectivity index (χ3v) is 3.03. The first-order valence-electron chi connectivity index (χ1n) is 6.08. The van der Waals surface area contributed by atoms with Crippen molar-refractivity contribution >= 4 is 10.9 Å². The van der Waals surface area contributed by atoms with E-state index in [1.54, 1.807) is 23.0 Å². The number of hydrogen-bond donors (Lipinski definition) is 0. The molecular weight excluding hydrogens is 252 g/mol. The van der Waals surface area contributed by atoms with E-state index in [4.69, 9.17) is 5.26 Å². The number of rotatable bonds is 2.